The van der Waals surface area contributed by atoms with Gasteiger partial charge in [-0.1, -0.05) is 119 Å². The van der Waals surface area contributed by atoms with Crippen LogP contribution in [0, 0.1) is 6.92 Å². The smallest absolute Gasteiger partial charge is 0.126 e. The van der Waals surface area contributed by atoms with E-state index in [1.807, 2.05) is 0 Å². The number of hydrogen-bond acceptors (Lipinski definition) is 4. The van der Waals surface area contributed by atoms with Gasteiger partial charge in [0.05, 0.1) is 26.4 Å². The van der Waals surface area contributed by atoms with Gasteiger partial charge in [0, 0.05) is 19.3 Å². The van der Waals surface area contributed by atoms with E-state index >= 15 is 0 Å². The summed E-state index contributed by atoms with van der Waals surface area (Å²) in [6, 6.07) is 37.2. The van der Waals surface area contributed by atoms with Crippen LogP contribution in [0.25, 0.3) is 21.5 Å². The van der Waals surface area contributed by atoms with Crippen molar-refractivity contribution in [3.8, 4) is 23.0 Å². The van der Waals surface area contributed by atoms with Crippen molar-refractivity contribution >= 4 is 21.5 Å². The highest BCUT2D eigenvalue weighted by molar-refractivity contribution is 6.08. The molecular weight excluding hydrogens is 641 g/mol. The number of hydrogen-bond donors (Lipinski definition) is 0. The Morgan fingerprint density at radius 2 is 0.846 bits per heavy atom. The second-order valence-corrected chi connectivity index (χ2v) is 13.8. The molecule has 270 valence electrons. The van der Waals surface area contributed by atoms with Crippen molar-refractivity contribution in [3.63, 3.8) is 0 Å². The molecule has 0 radical (unpaired) electrons. The van der Waals surface area contributed by atoms with Gasteiger partial charge in [-0.15, -0.1) is 0 Å². The maximum atomic E-state index is 6.64. The Morgan fingerprint density at radius 1 is 0.385 bits per heavy atom. The molecule has 0 aromatic heterocycles. The summed E-state index contributed by atoms with van der Waals surface area (Å²) in [6.07, 6.45) is 5.95. The van der Waals surface area contributed by atoms with Gasteiger partial charge in [-0.2, -0.15) is 0 Å². The maximum Gasteiger partial charge on any atom is 0.126 e. The average Bonchev–Trinajstić information content (AvgIpc) is 3.16. The minimum atomic E-state index is 0.653. The average molecular weight is 695 g/mol. The molecule has 6 aromatic rings. The third-order valence-electron chi connectivity index (χ3n) is 9.53. The molecule has 0 unspecified atom stereocenters. The second kappa shape index (κ2) is 18.0. The van der Waals surface area contributed by atoms with Gasteiger partial charge in [0.15, 0.2) is 0 Å². The molecule has 0 heterocycles. The second-order valence-electron chi connectivity index (χ2n) is 13.8. The molecule has 0 fully saturated rings. The highest BCUT2D eigenvalue weighted by Crippen LogP contribution is 2.38. The molecule has 0 saturated heterocycles. The number of ether oxygens (including phenoxy) is 4. The Kier molecular flexibility index (Phi) is 12.7. The standard InChI is InChI=1S/C48H54O4/c1-6-25-49-45-33-44-36(24-23-35-16-10-11-22-43(35)44)29-42(45)32-41-21-14-20-40(48(41)52-28-9-4)31-39-19-13-18-38(47(39)51-27-8-3)30-37-17-12-15-34(5)46(37)50-26-7-2/h10-24,29,33H,6-9,25-28,30-32H2,1-5H3. The van der Waals surface area contributed by atoms with E-state index in [2.05, 4.69) is 138 Å². The Bertz CT molecular complexity index is 2100. The van der Waals surface area contributed by atoms with Crippen molar-refractivity contribution in [1.82, 2.24) is 0 Å². The van der Waals surface area contributed by atoms with E-state index in [9.17, 15) is 0 Å². The van der Waals surface area contributed by atoms with Crippen LogP contribution in [0.4, 0.5) is 0 Å². The van der Waals surface area contributed by atoms with Crippen LogP contribution >= 0.6 is 0 Å². The lowest BCUT2D eigenvalue weighted by Crippen LogP contribution is -2.08. The van der Waals surface area contributed by atoms with Crippen molar-refractivity contribution in [1.29, 1.82) is 0 Å². The van der Waals surface area contributed by atoms with Crippen LogP contribution in [0.15, 0.2) is 103 Å². The van der Waals surface area contributed by atoms with E-state index < -0.39 is 0 Å². The van der Waals surface area contributed by atoms with Crippen molar-refractivity contribution < 1.29 is 18.9 Å². The Balaban J connectivity index is 1.38. The van der Waals surface area contributed by atoms with Crippen LogP contribution in [0.5, 0.6) is 23.0 Å². The SMILES string of the molecule is CCCOc1cc2c(ccc3ccccc32)cc1Cc1cccc(Cc2cccc(Cc3cccc(C)c3OCCC)c2OCCC)c1OCCC. The van der Waals surface area contributed by atoms with Crippen molar-refractivity contribution in [2.24, 2.45) is 0 Å². The van der Waals surface area contributed by atoms with Gasteiger partial charge < -0.3 is 18.9 Å². The fourth-order valence-electron chi connectivity index (χ4n) is 7.06. The minimum Gasteiger partial charge on any atom is -0.493 e. The number of rotatable bonds is 18. The fraction of sp³-hybridized carbons (Fsp3) is 0.333. The topological polar surface area (TPSA) is 36.9 Å². The summed E-state index contributed by atoms with van der Waals surface area (Å²) in [5, 5.41) is 4.93. The van der Waals surface area contributed by atoms with Gasteiger partial charge in [0.2, 0.25) is 0 Å². The molecule has 0 atom stereocenters. The molecule has 0 spiro atoms. The highest BCUT2D eigenvalue weighted by Gasteiger charge is 2.19. The van der Waals surface area contributed by atoms with E-state index in [-0.39, 0.29) is 0 Å². The van der Waals surface area contributed by atoms with E-state index in [4.69, 9.17) is 18.9 Å². The molecule has 4 nitrogen and oxygen atoms in total. The van der Waals surface area contributed by atoms with Gasteiger partial charge >= 0.3 is 0 Å². The third-order valence-corrected chi connectivity index (χ3v) is 9.53. The van der Waals surface area contributed by atoms with Crippen molar-refractivity contribution in [2.45, 2.75) is 79.6 Å². The van der Waals surface area contributed by atoms with E-state index in [1.54, 1.807) is 0 Å². The molecule has 6 rings (SSSR count). The summed E-state index contributed by atoms with van der Waals surface area (Å²) in [4.78, 5) is 0. The van der Waals surface area contributed by atoms with Crippen LogP contribution < -0.4 is 18.9 Å². The monoisotopic (exact) mass is 694 g/mol. The molecule has 4 heteroatoms. The number of benzene rings is 6. The molecule has 0 aliphatic heterocycles. The van der Waals surface area contributed by atoms with Gasteiger partial charge in [-0.25, -0.2) is 0 Å². The van der Waals surface area contributed by atoms with Gasteiger partial charge in [0.1, 0.15) is 23.0 Å². The van der Waals surface area contributed by atoms with E-state index in [1.165, 1.54) is 38.2 Å². The summed E-state index contributed by atoms with van der Waals surface area (Å²) in [5.41, 5.74) is 8.18. The maximum absolute atomic E-state index is 6.64. The fourth-order valence-corrected chi connectivity index (χ4v) is 7.06. The molecule has 0 amide bonds. The summed E-state index contributed by atoms with van der Waals surface area (Å²) < 4.78 is 25.9. The summed E-state index contributed by atoms with van der Waals surface area (Å²) in [7, 11) is 0. The highest BCUT2D eigenvalue weighted by atomic mass is 16.5. The molecule has 0 saturated carbocycles. The molecule has 0 aliphatic carbocycles. The number of fused-ring (bicyclic) bond motifs is 3. The van der Waals surface area contributed by atoms with Crippen LogP contribution in [-0.2, 0) is 19.3 Å². The first kappa shape index (κ1) is 36.8. The van der Waals surface area contributed by atoms with E-state index in [0.29, 0.717) is 39.3 Å². The minimum absolute atomic E-state index is 0.653. The molecule has 0 N–H and O–H groups in total. The van der Waals surface area contributed by atoms with E-state index in [0.717, 1.165) is 77.4 Å². The third kappa shape index (κ3) is 8.56. The molecular formula is C48H54O4. The van der Waals surface area contributed by atoms with Crippen LogP contribution in [0.3, 0.4) is 0 Å². The Morgan fingerprint density at radius 3 is 1.42 bits per heavy atom. The lowest BCUT2D eigenvalue weighted by molar-refractivity contribution is 0.306. The first-order valence-electron chi connectivity index (χ1n) is 19.3. The molecule has 52 heavy (non-hydrogen) atoms. The molecule has 0 aliphatic rings. The van der Waals surface area contributed by atoms with Gasteiger partial charge in [0.25, 0.3) is 0 Å². The van der Waals surface area contributed by atoms with Gasteiger partial charge in [-0.05, 0) is 105 Å². The normalized spacial score (nSPS) is 11.2. The molecule has 0 bridgehead atoms. The summed E-state index contributed by atoms with van der Waals surface area (Å²) in [5.74, 6) is 3.86. The zero-order chi connectivity index (χ0) is 36.3. The summed E-state index contributed by atoms with van der Waals surface area (Å²) in [6.45, 7) is 13.4. The predicted octanol–water partition coefficient (Wildman–Crippen LogP) is 12.2. The Labute approximate surface area is 310 Å². The predicted molar refractivity (Wildman–Crippen MR) is 217 cm³/mol. The Hall–Kier alpha value is -4.96. The number of para-hydroxylation sites is 3. The van der Waals surface area contributed by atoms with Crippen molar-refractivity contribution in [2.75, 3.05) is 26.4 Å². The lowest BCUT2D eigenvalue weighted by Gasteiger charge is -2.21. The largest absolute Gasteiger partial charge is 0.493 e. The summed E-state index contributed by atoms with van der Waals surface area (Å²) >= 11 is 0. The van der Waals surface area contributed by atoms with Gasteiger partial charge in [-0.3, -0.25) is 0 Å². The zero-order valence-corrected chi connectivity index (χ0v) is 31.7. The first-order valence-corrected chi connectivity index (χ1v) is 19.3. The molecule has 6 aromatic carbocycles. The number of aryl methyl sites for hydroxylation is 1. The van der Waals surface area contributed by atoms with Crippen LogP contribution in [-0.4, -0.2) is 26.4 Å². The zero-order valence-electron chi connectivity index (χ0n) is 31.7. The lowest BCUT2D eigenvalue weighted by atomic mass is 9.93. The van der Waals surface area contributed by atoms with Crippen LogP contribution in [0.2, 0.25) is 0 Å². The first-order chi connectivity index (χ1) is 25.5. The van der Waals surface area contributed by atoms with Crippen LogP contribution in [0.1, 0.15) is 92.3 Å². The van der Waals surface area contributed by atoms with Crippen molar-refractivity contribution in [3.05, 3.63) is 142 Å². The quantitative estimate of drug-likeness (QED) is 0.0839.